The summed E-state index contributed by atoms with van der Waals surface area (Å²) in [5.41, 5.74) is 0.916. The second-order valence-corrected chi connectivity index (χ2v) is 3.73. The van der Waals surface area contributed by atoms with Crippen LogP contribution in [0.3, 0.4) is 0 Å². The van der Waals surface area contributed by atoms with E-state index in [-0.39, 0.29) is 6.10 Å². The zero-order valence-electron chi connectivity index (χ0n) is 9.75. The maximum Gasteiger partial charge on any atom is 0.162 e. The molecule has 0 aliphatic carbocycles. The minimum atomic E-state index is 0.285. The minimum absolute atomic E-state index is 0.285. The van der Waals surface area contributed by atoms with Gasteiger partial charge in [0.05, 0.1) is 11.8 Å². The predicted octanol–water partition coefficient (Wildman–Crippen LogP) is 2.10. The monoisotopic (exact) mass is 212 g/mol. The molecule has 0 bridgehead atoms. The van der Waals surface area contributed by atoms with Gasteiger partial charge >= 0.3 is 0 Å². The second-order valence-electron chi connectivity index (χ2n) is 3.73. The molecule has 0 amide bonds. The van der Waals surface area contributed by atoms with Gasteiger partial charge in [-0.2, -0.15) is 0 Å². The van der Waals surface area contributed by atoms with E-state index in [1.54, 1.807) is 0 Å². The molecule has 1 unspecified atom stereocenters. The lowest BCUT2D eigenvalue weighted by Crippen LogP contribution is -2.07. The first-order chi connectivity index (χ1) is 7.26. The van der Waals surface area contributed by atoms with E-state index in [0.717, 1.165) is 30.8 Å². The Labute approximate surface area is 91.0 Å². The van der Waals surface area contributed by atoms with Gasteiger partial charge in [0.15, 0.2) is 5.76 Å². The highest BCUT2D eigenvalue weighted by Crippen LogP contribution is 2.08. The Morgan fingerprint density at radius 2 is 2.40 bits per heavy atom. The number of hydrogen-bond donors (Lipinski definition) is 1. The van der Waals surface area contributed by atoms with Crippen LogP contribution in [-0.4, -0.2) is 18.3 Å². The van der Waals surface area contributed by atoms with Crippen LogP contribution < -0.4 is 5.32 Å². The molecule has 1 aromatic rings. The van der Waals surface area contributed by atoms with Crippen molar-refractivity contribution in [2.75, 3.05) is 7.05 Å². The summed E-state index contributed by atoms with van der Waals surface area (Å²) < 4.78 is 10.7. The second kappa shape index (κ2) is 6.58. The Morgan fingerprint density at radius 3 is 3.07 bits per heavy atom. The van der Waals surface area contributed by atoms with Crippen molar-refractivity contribution in [3.63, 3.8) is 0 Å². The van der Waals surface area contributed by atoms with E-state index in [1.807, 2.05) is 13.1 Å². The molecule has 86 valence electrons. The van der Waals surface area contributed by atoms with E-state index >= 15 is 0 Å². The number of ether oxygens (including phenoxy) is 1. The van der Waals surface area contributed by atoms with Crippen LogP contribution in [0.2, 0.25) is 0 Å². The molecule has 1 N–H and O–H groups in total. The van der Waals surface area contributed by atoms with Crippen LogP contribution in [0.25, 0.3) is 0 Å². The van der Waals surface area contributed by atoms with Crippen molar-refractivity contribution < 1.29 is 9.26 Å². The van der Waals surface area contributed by atoms with Crippen LogP contribution in [0.5, 0.6) is 0 Å². The molecule has 0 aromatic carbocycles. The molecule has 0 saturated heterocycles. The topological polar surface area (TPSA) is 47.3 Å². The number of aromatic nitrogens is 1. The number of nitrogens with one attached hydrogen (secondary N) is 1. The third-order valence-electron chi connectivity index (χ3n) is 2.17. The number of nitrogens with zero attached hydrogens (tertiary/aromatic N) is 1. The third kappa shape index (κ3) is 4.44. The van der Waals surface area contributed by atoms with Gasteiger partial charge in [-0.15, -0.1) is 0 Å². The molecule has 1 aromatic heterocycles. The highest BCUT2D eigenvalue weighted by atomic mass is 16.5. The van der Waals surface area contributed by atoms with Crippen LogP contribution >= 0.6 is 0 Å². The van der Waals surface area contributed by atoms with Gasteiger partial charge < -0.3 is 14.6 Å². The smallest absolute Gasteiger partial charge is 0.162 e. The molecule has 0 fully saturated rings. The lowest BCUT2D eigenvalue weighted by Gasteiger charge is -2.09. The molecule has 0 aliphatic rings. The van der Waals surface area contributed by atoms with Gasteiger partial charge in [-0.05, 0) is 20.4 Å². The summed E-state index contributed by atoms with van der Waals surface area (Å²) in [7, 11) is 1.88. The normalized spacial score (nSPS) is 13.0. The molecule has 0 spiro atoms. The van der Waals surface area contributed by atoms with E-state index in [2.05, 4.69) is 24.3 Å². The quantitative estimate of drug-likeness (QED) is 0.752. The van der Waals surface area contributed by atoms with Crippen molar-refractivity contribution >= 4 is 0 Å². The van der Waals surface area contributed by atoms with Crippen LogP contribution in [0.1, 0.15) is 38.1 Å². The summed E-state index contributed by atoms with van der Waals surface area (Å²) in [4.78, 5) is 0. The van der Waals surface area contributed by atoms with E-state index in [4.69, 9.17) is 9.26 Å². The van der Waals surface area contributed by atoms with Crippen molar-refractivity contribution in [1.82, 2.24) is 10.5 Å². The van der Waals surface area contributed by atoms with Crippen LogP contribution in [0, 0.1) is 0 Å². The summed E-state index contributed by atoms with van der Waals surface area (Å²) >= 11 is 0. The van der Waals surface area contributed by atoms with Gasteiger partial charge in [-0.25, -0.2) is 0 Å². The van der Waals surface area contributed by atoms with E-state index in [0.29, 0.717) is 6.61 Å². The average Bonchev–Trinajstić information content (AvgIpc) is 2.64. The van der Waals surface area contributed by atoms with Crippen molar-refractivity contribution in [2.45, 2.75) is 45.9 Å². The largest absolute Gasteiger partial charge is 0.370 e. The lowest BCUT2D eigenvalue weighted by molar-refractivity contribution is 0.0344. The summed E-state index contributed by atoms with van der Waals surface area (Å²) in [6, 6.07) is 1.93. The fourth-order valence-corrected chi connectivity index (χ4v) is 1.40. The van der Waals surface area contributed by atoms with Crippen molar-refractivity contribution in [2.24, 2.45) is 0 Å². The van der Waals surface area contributed by atoms with Gasteiger partial charge in [0.1, 0.15) is 6.61 Å². The van der Waals surface area contributed by atoms with Crippen molar-refractivity contribution in [3.8, 4) is 0 Å². The maximum absolute atomic E-state index is 5.61. The van der Waals surface area contributed by atoms with Crippen LogP contribution in [-0.2, 0) is 17.9 Å². The summed E-state index contributed by atoms with van der Waals surface area (Å²) in [6.45, 7) is 5.47. The number of rotatable bonds is 7. The summed E-state index contributed by atoms with van der Waals surface area (Å²) in [6.07, 6.45) is 2.51. The Bertz CT molecular complexity index is 273. The SMILES string of the molecule is CCCC(C)OCc1cc(CNC)no1. The molecule has 1 rings (SSSR count). The molecule has 0 radical (unpaired) electrons. The Morgan fingerprint density at radius 1 is 1.60 bits per heavy atom. The molecule has 1 heterocycles. The zero-order valence-corrected chi connectivity index (χ0v) is 9.75. The van der Waals surface area contributed by atoms with Gasteiger partial charge in [0.25, 0.3) is 0 Å². The van der Waals surface area contributed by atoms with Gasteiger partial charge in [-0.3, -0.25) is 0 Å². The zero-order chi connectivity index (χ0) is 11.1. The fraction of sp³-hybridized carbons (Fsp3) is 0.727. The van der Waals surface area contributed by atoms with Gasteiger partial charge in [-0.1, -0.05) is 18.5 Å². The van der Waals surface area contributed by atoms with E-state index in [1.165, 1.54) is 0 Å². The highest BCUT2D eigenvalue weighted by molar-refractivity contribution is 5.03. The lowest BCUT2D eigenvalue weighted by atomic mass is 10.2. The van der Waals surface area contributed by atoms with Gasteiger partial charge in [0.2, 0.25) is 0 Å². The molecule has 4 nitrogen and oxygen atoms in total. The van der Waals surface area contributed by atoms with E-state index in [9.17, 15) is 0 Å². The standard InChI is InChI=1S/C11H20N2O2/c1-4-5-9(2)14-8-11-6-10(7-12-3)13-15-11/h6,9,12H,4-5,7-8H2,1-3H3. The molecular formula is C11H20N2O2. The predicted molar refractivity (Wildman–Crippen MR) is 58.4 cm³/mol. The number of hydrogen-bond acceptors (Lipinski definition) is 4. The molecule has 0 saturated carbocycles. The molecule has 15 heavy (non-hydrogen) atoms. The summed E-state index contributed by atoms with van der Waals surface area (Å²) in [5, 5.41) is 6.93. The Kier molecular flexibility index (Phi) is 5.36. The first kappa shape index (κ1) is 12.2. The average molecular weight is 212 g/mol. The van der Waals surface area contributed by atoms with Crippen molar-refractivity contribution in [1.29, 1.82) is 0 Å². The fourth-order valence-electron chi connectivity index (χ4n) is 1.40. The highest BCUT2D eigenvalue weighted by Gasteiger charge is 2.06. The molecular weight excluding hydrogens is 192 g/mol. The molecule has 1 atom stereocenters. The first-order valence-electron chi connectivity index (χ1n) is 5.47. The Hall–Kier alpha value is -0.870. The summed E-state index contributed by atoms with van der Waals surface area (Å²) in [5.74, 6) is 0.795. The van der Waals surface area contributed by atoms with Gasteiger partial charge in [0, 0.05) is 12.6 Å². The van der Waals surface area contributed by atoms with Crippen LogP contribution in [0.4, 0.5) is 0 Å². The maximum atomic E-state index is 5.61. The third-order valence-corrected chi connectivity index (χ3v) is 2.17. The van der Waals surface area contributed by atoms with E-state index < -0.39 is 0 Å². The van der Waals surface area contributed by atoms with Crippen LogP contribution in [0.15, 0.2) is 10.6 Å². The Balaban J connectivity index is 2.30. The minimum Gasteiger partial charge on any atom is -0.370 e. The van der Waals surface area contributed by atoms with Crippen molar-refractivity contribution in [3.05, 3.63) is 17.5 Å². The first-order valence-corrected chi connectivity index (χ1v) is 5.47. The molecule has 0 aliphatic heterocycles. The molecule has 4 heteroatoms.